The van der Waals surface area contributed by atoms with Crippen molar-refractivity contribution in [3.05, 3.63) is 0 Å². The Labute approximate surface area is 148 Å². The molecule has 0 fully saturated rings. The molecule has 0 rings (SSSR count). The van der Waals surface area contributed by atoms with Crippen molar-refractivity contribution in [1.29, 1.82) is 0 Å². The maximum atomic E-state index is 10.6. The number of aliphatic carboxylic acids is 2. The molecule has 0 amide bonds. The number of rotatable bonds is 15. The summed E-state index contributed by atoms with van der Waals surface area (Å²) in [7, 11) is 0. The number of carboxylic acids is 2. The van der Waals surface area contributed by atoms with Crippen LogP contribution in [0.2, 0.25) is 0 Å². The van der Waals surface area contributed by atoms with Crippen LogP contribution in [0, 0.1) is 10.8 Å². The summed E-state index contributed by atoms with van der Waals surface area (Å²) in [6, 6.07) is 0. The molecular formula is C20H38O4. The lowest BCUT2D eigenvalue weighted by atomic mass is 9.82. The van der Waals surface area contributed by atoms with Crippen LogP contribution >= 0.6 is 0 Å². The predicted octanol–water partition coefficient (Wildman–Crippen LogP) is 5.89. The van der Waals surface area contributed by atoms with Gasteiger partial charge in [0.25, 0.3) is 0 Å². The molecule has 0 bridgehead atoms. The molecule has 0 atom stereocenters. The second-order valence-electron chi connectivity index (χ2n) is 8.74. The van der Waals surface area contributed by atoms with Crippen molar-refractivity contribution >= 4 is 11.9 Å². The van der Waals surface area contributed by atoms with Crippen LogP contribution in [0.4, 0.5) is 0 Å². The first-order valence-corrected chi connectivity index (χ1v) is 9.48. The van der Waals surface area contributed by atoms with Gasteiger partial charge < -0.3 is 10.2 Å². The zero-order chi connectivity index (χ0) is 18.6. The van der Waals surface area contributed by atoms with Gasteiger partial charge in [-0.1, -0.05) is 66.2 Å². The van der Waals surface area contributed by atoms with Gasteiger partial charge in [0, 0.05) is 12.8 Å². The topological polar surface area (TPSA) is 74.6 Å². The number of unbranched alkanes of at least 4 members (excludes halogenated alkanes) is 5. The predicted molar refractivity (Wildman–Crippen MR) is 98.2 cm³/mol. The van der Waals surface area contributed by atoms with Gasteiger partial charge in [0.05, 0.1) is 0 Å². The number of hydrogen-bond acceptors (Lipinski definition) is 2. The van der Waals surface area contributed by atoms with E-state index >= 15 is 0 Å². The van der Waals surface area contributed by atoms with Crippen molar-refractivity contribution in [3.8, 4) is 0 Å². The molecule has 0 radical (unpaired) electrons. The van der Waals surface area contributed by atoms with Crippen molar-refractivity contribution in [1.82, 2.24) is 0 Å². The zero-order valence-corrected chi connectivity index (χ0v) is 16.2. The van der Waals surface area contributed by atoms with Gasteiger partial charge in [0.15, 0.2) is 0 Å². The van der Waals surface area contributed by atoms with Crippen LogP contribution in [0.5, 0.6) is 0 Å². The van der Waals surface area contributed by atoms with E-state index in [-0.39, 0.29) is 23.7 Å². The van der Waals surface area contributed by atoms with Crippen LogP contribution in [0.3, 0.4) is 0 Å². The summed E-state index contributed by atoms with van der Waals surface area (Å²) >= 11 is 0. The summed E-state index contributed by atoms with van der Waals surface area (Å²) < 4.78 is 0. The second kappa shape index (κ2) is 11.5. The highest BCUT2D eigenvalue weighted by Crippen LogP contribution is 2.31. The largest absolute Gasteiger partial charge is 0.481 e. The van der Waals surface area contributed by atoms with Crippen molar-refractivity contribution < 1.29 is 19.8 Å². The van der Waals surface area contributed by atoms with Gasteiger partial charge in [-0.2, -0.15) is 0 Å². The van der Waals surface area contributed by atoms with Gasteiger partial charge >= 0.3 is 11.9 Å². The Balaban J connectivity index is 3.60. The van der Waals surface area contributed by atoms with Crippen molar-refractivity contribution in [2.75, 3.05) is 0 Å². The summed E-state index contributed by atoms with van der Waals surface area (Å²) in [4.78, 5) is 21.3. The summed E-state index contributed by atoms with van der Waals surface area (Å²) in [5.74, 6) is -1.40. The Hall–Kier alpha value is -1.06. The average molecular weight is 343 g/mol. The Morgan fingerprint density at radius 1 is 0.583 bits per heavy atom. The molecule has 0 aliphatic rings. The molecule has 0 aromatic carbocycles. The van der Waals surface area contributed by atoms with E-state index in [0.29, 0.717) is 0 Å². The van der Waals surface area contributed by atoms with E-state index in [4.69, 9.17) is 10.2 Å². The van der Waals surface area contributed by atoms with E-state index in [2.05, 4.69) is 27.7 Å². The fourth-order valence-corrected chi connectivity index (χ4v) is 3.05. The molecule has 0 aromatic rings. The van der Waals surface area contributed by atoms with Crippen LogP contribution in [-0.4, -0.2) is 22.2 Å². The molecule has 0 aromatic heterocycles. The maximum Gasteiger partial charge on any atom is 0.303 e. The van der Waals surface area contributed by atoms with Crippen LogP contribution < -0.4 is 0 Å². The molecule has 0 spiro atoms. The standard InChI is InChI=1S/C20H38O4/c1-19(2,15-11-17(21)22)13-9-7-5-6-8-10-14-20(3,4)16-12-18(23)24/h5-16H2,1-4H3,(H,21,22)(H,23,24). The highest BCUT2D eigenvalue weighted by atomic mass is 16.4. The summed E-state index contributed by atoms with van der Waals surface area (Å²) in [5, 5.41) is 17.5. The first kappa shape index (κ1) is 22.9. The lowest BCUT2D eigenvalue weighted by Gasteiger charge is -2.24. The van der Waals surface area contributed by atoms with Gasteiger partial charge in [-0.05, 0) is 36.5 Å². The van der Waals surface area contributed by atoms with E-state index in [9.17, 15) is 9.59 Å². The third-order valence-corrected chi connectivity index (χ3v) is 4.99. The Morgan fingerprint density at radius 2 is 0.875 bits per heavy atom. The van der Waals surface area contributed by atoms with Crippen LogP contribution in [0.1, 0.15) is 105 Å². The maximum absolute atomic E-state index is 10.6. The molecular weight excluding hydrogens is 304 g/mol. The number of carbonyl (C=O) groups is 2. The lowest BCUT2D eigenvalue weighted by molar-refractivity contribution is -0.138. The molecule has 0 aliphatic heterocycles. The smallest absolute Gasteiger partial charge is 0.303 e. The van der Waals surface area contributed by atoms with Gasteiger partial charge in [0.1, 0.15) is 0 Å². The van der Waals surface area contributed by atoms with E-state index in [0.717, 1.165) is 25.7 Å². The monoisotopic (exact) mass is 342 g/mol. The quantitative estimate of drug-likeness (QED) is 0.364. The Bertz CT molecular complexity index is 336. The van der Waals surface area contributed by atoms with E-state index in [1.165, 1.54) is 38.5 Å². The molecule has 4 nitrogen and oxygen atoms in total. The molecule has 142 valence electrons. The van der Waals surface area contributed by atoms with Gasteiger partial charge in [-0.15, -0.1) is 0 Å². The fourth-order valence-electron chi connectivity index (χ4n) is 3.05. The van der Waals surface area contributed by atoms with Crippen molar-refractivity contribution in [2.24, 2.45) is 10.8 Å². The average Bonchev–Trinajstić information content (AvgIpc) is 2.46. The van der Waals surface area contributed by atoms with E-state index in [1.807, 2.05) is 0 Å². The van der Waals surface area contributed by atoms with E-state index < -0.39 is 11.9 Å². The lowest BCUT2D eigenvalue weighted by Crippen LogP contribution is -2.13. The molecule has 0 saturated carbocycles. The number of hydrogen-bond donors (Lipinski definition) is 2. The van der Waals surface area contributed by atoms with E-state index in [1.54, 1.807) is 0 Å². The summed E-state index contributed by atoms with van der Waals surface area (Å²) in [5.41, 5.74) is 0.263. The third kappa shape index (κ3) is 14.5. The van der Waals surface area contributed by atoms with Gasteiger partial charge in [0.2, 0.25) is 0 Å². The highest BCUT2D eigenvalue weighted by Gasteiger charge is 2.19. The van der Waals surface area contributed by atoms with Crippen LogP contribution in [0.15, 0.2) is 0 Å². The molecule has 2 N–H and O–H groups in total. The minimum Gasteiger partial charge on any atom is -0.481 e. The number of carboxylic acid groups (broad SMARTS) is 2. The molecule has 0 saturated heterocycles. The fraction of sp³-hybridized carbons (Fsp3) is 0.900. The van der Waals surface area contributed by atoms with Gasteiger partial charge in [-0.25, -0.2) is 0 Å². The Morgan fingerprint density at radius 3 is 1.17 bits per heavy atom. The van der Waals surface area contributed by atoms with Gasteiger partial charge in [-0.3, -0.25) is 9.59 Å². The molecule has 24 heavy (non-hydrogen) atoms. The Kier molecular flexibility index (Phi) is 11.0. The third-order valence-electron chi connectivity index (χ3n) is 4.99. The van der Waals surface area contributed by atoms with Crippen LogP contribution in [-0.2, 0) is 9.59 Å². The molecule has 0 heterocycles. The highest BCUT2D eigenvalue weighted by molar-refractivity contribution is 5.66. The van der Waals surface area contributed by atoms with Crippen molar-refractivity contribution in [3.63, 3.8) is 0 Å². The minimum atomic E-state index is -0.700. The molecule has 4 heteroatoms. The SMILES string of the molecule is CC(C)(CCCCCCCCC(C)(C)CCC(=O)O)CCC(=O)O. The molecule has 0 aliphatic carbocycles. The summed E-state index contributed by atoms with van der Waals surface area (Å²) in [6.07, 6.45) is 11.5. The minimum absolute atomic E-state index is 0.132. The zero-order valence-electron chi connectivity index (χ0n) is 16.2. The molecule has 0 unspecified atom stereocenters. The van der Waals surface area contributed by atoms with Crippen LogP contribution in [0.25, 0.3) is 0 Å². The first-order valence-electron chi connectivity index (χ1n) is 9.48. The summed E-state index contributed by atoms with van der Waals surface area (Å²) in [6.45, 7) is 8.65. The normalized spacial score (nSPS) is 12.3. The first-order chi connectivity index (χ1) is 11.0. The second-order valence-corrected chi connectivity index (χ2v) is 8.74. The van der Waals surface area contributed by atoms with Crippen molar-refractivity contribution in [2.45, 2.75) is 105 Å².